The van der Waals surface area contributed by atoms with Crippen molar-refractivity contribution in [1.29, 1.82) is 0 Å². The van der Waals surface area contributed by atoms with Gasteiger partial charge in [0, 0.05) is 11.1 Å². The molecule has 0 radical (unpaired) electrons. The number of sulfonamides is 1. The van der Waals surface area contributed by atoms with E-state index in [9.17, 15) is 18.0 Å². The van der Waals surface area contributed by atoms with Crippen molar-refractivity contribution >= 4 is 44.0 Å². The van der Waals surface area contributed by atoms with Gasteiger partial charge < -0.3 is 15.2 Å². The smallest absolute Gasteiger partial charge is 0.341 e. The Kier molecular flexibility index (Phi) is 7.45. The third-order valence-electron chi connectivity index (χ3n) is 5.95. The van der Waals surface area contributed by atoms with Crippen molar-refractivity contribution in [3.05, 3.63) is 96.1 Å². The van der Waals surface area contributed by atoms with Gasteiger partial charge in [0.05, 0.1) is 10.6 Å². The standard InChI is InChI=1S/C28H26N2O6S/c1-19-7-5-11-25(20(19)2)30(37(34,35)26-12-6-9-21-8-3-4-10-24(21)26)17-27(31)29-22-13-15-23(16-14-22)36-18-28(32)33/h3-16H,17-18H2,1-2H3,(H,29,31)(H,32,33). The molecule has 0 fully saturated rings. The predicted octanol–water partition coefficient (Wildman–Crippen LogP) is 4.75. The molecule has 190 valence electrons. The van der Waals surface area contributed by atoms with E-state index in [0.717, 1.165) is 20.8 Å². The van der Waals surface area contributed by atoms with Gasteiger partial charge in [-0.1, -0.05) is 48.5 Å². The molecule has 0 saturated carbocycles. The molecular weight excluding hydrogens is 492 g/mol. The van der Waals surface area contributed by atoms with Crippen LogP contribution in [0.25, 0.3) is 10.8 Å². The van der Waals surface area contributed by atoms with Crippen molar-refractivity contribution in [3.8, 4) is 5.75 Å². The van der Waals surface area contributed by atoms with Gasteiger partial charge in [-0.15, -0.1) is 0 Å². The summed E-state index contributed by atoms with van der Waals surface area (Å²) in [4.78, 5) is 23.9. The van der Waals surface area contributed by atoms with E-state index in [1.807, 2.05) is 38.1 Å². The van der Waals surface area contributed by atoms with Crippen LogP contribution in [-0.2, 0) is 19.6 Å². The molecule has 4 aromatic carbocycles. The van der Waals surface area contributed by atoms with Crippen molar-refractivity contribution in [2.45, 2.75) is 18.7 Å². The van der Waals surface area contributed by atoms with E-state index in [1.54, 1.807) is 48.5 Å². The number of fused-ring (bicyclic) bond motifs is 1. The number of hydrogen-bond donors (Lipinski definition) is 2. The highest BCUT2D eigenvalue weighted by atomic mass is 32.2. The second-order valence-electron chi connectivity index (χ2n) is 8.46. The highest BCUT2D eigenvalue weighted by molar-refractivity contribution is 7.93. The van der Waals surface area contributed by atoms with Gasteiger partial charge in [0.1, 0.15) is 12.3 Å². The minimum absolute atomic E-state index is 0.110. The molecule has 37 heavy (non-hydrogen) atoms. The van der Waals surface area contributed by atoms with Crippen LogP contribution in [0.5, 0.6) is 5.75 Å². The number of rotatable bonds is 9. The van der Waals surface area contributed by atoms with Crippen molar-refractivity contribution < 1.29 is 27.9 Å². The van der Waals surface area contributed by atoms with E-state index in [1.165, 1.54) is 12.1 Å². The molecular formula is C28H26N2O6S. The lowest BCUT2D eigenvalue weighted by Gasteiger charge is -2.27. The number of amides is 1. The number of anilines is 2. The van der Waals surface area contributed by atoms with Crippen molar-refractivity contribution in [3.63, 3.8) is 0 Å². The first-order chi connectivity index (χ1) is 17.7. The third kappa shape index (κ3) is 5.73. The number of hydrogen-bond acceptors (Lipinski definition) is 5. The first kappa shape index (κ1) is 25.7. The van der Waals surface area contributed by atoms with Crippen LogP contribution in [0.4, 0.5) is 11.4 Å². The fourth-order valence-electron chi connectivity index (χ4n) is 3.96. The molecule has 0 aliphatic heterocycles. The van der Waals surface area contributed by atoms with Crippen molar-refractivity contribution in [2.24, 2.45) is 0 Å². The van der Waals surface area contributed by atoms with E-state index in [-0.39, 0.29) is 4.90 Å². The van der Waals surface area contributed by atoms with Crippen LogP contribution in [-0.4, -0.2) is 38.6 Å². The topological polar surface area (TPSA) is 113 Å². The summed E-state index contributed by atoms with van der Waals surface area (Å²) in [6.07, 6.45) is 0. The minimum Gasteiger partial charge on any atom is -0.482 e. The first-order valence-corrected chi connectivity index (χ1v) is 12.9. The van der Waals surface area contributed by atoms with Gasteiger partial charge in [0.2, 0.25) is 5.91 Å². The Morgan fingerprint density at radius 3 is 2.30 bits per heavy atom. The zero-order valence-corrected chi connectivity index (χ0v) is 21.2. The summed E-state index contributed by atoms with van der Waals surface area (Å²) in [6, 6.07) is 23.8. The number of nitrogens with one attached hydrogen (secondary N) is 1. The normalized spacial score (nSPS) is 11.2. The van der Waals surface area contributed by atoms with Crippen molar-refractivity contribution in [1.82, 2.24) is 0 Å². The maximum Gasteiger partial charge on any atom is 0.341 e. The predicted molar refractivity (Wildman–Crippen MR) is 143 cm³/mol. The van der Waals surface area contributed by atoms with Gasteiger partial charge in [-0.25, -0.2) is 13.2 Å². The number of carboxylic acids is 1. The Bertz CT molecular complexity index is 1560. The molecule has 0 heterocycles. The average Bonchev–Trinajstić information content (AvgIpc) is 2.88. The highest BCUT2D eigenvalue weighted by Gasteiger charge is 2.30. The SMILES string of the molecule is Cc1cccc(N(CC(=O)Nc2ccc(OCC(=O)O)cc2)S(=O)(=O)c2cccc3ccccc23)c1C. The molecule has 0 aromatic heterocycles. The number of aliphatic carboxylic acids is 1. The number of benzene rings is 4. The first-order valence-electron chi connectivity index (χ1n) is 11.5. The second-order valence-corrected chi connectivity index (χ2v) is 10.3. The summed E-state index contributed by atoms with van der Waals surface area (Å²) in [5, 5.41) is 12.8. The number of carbonyl (C=O) groups excluding carboxylic acids is 1. The van der Waals surface area contributed by atoms with Crippen LogP contribution in [0.15, 0.2) is 89.8 Å². The number of ether oxygens (including phenoxy) is 1. The number of carbonyl (C=O) groups is 2. The van der Waals surface area contributed by atoms with Gasteiger partial charge in [0.25, 0.3) is 10.0 Å². The van der Waals surface area contributed by atoms with Crippen molar-refractivity contribution in [2.75, 3.05) is 22.8 Å². The Balaban J connectivity index is 1.67. The summed E-state index contributed by atoms with van der Waals surface area (Å²) in [5.74, 6) is -1.31. The molecule has 0 atom stereocenters. The van der Waals surface area contributed by atoms with Crippen LogP contribution in [0, 0.1) is 13.8 Å². The lowest BCUT2D eigenvalue weighted by Crippen LogP contribution is -2.38. The molecule has 0 unspecified atom stereocenters. The molecule has 0 aliphatic carbocycles. The molecule has 2 N–H and O–H groups in total. The van der Waals surface area contributed by atoms with Crippen LogP contribution in [0.3, 0.4) is 0 Å². The van der Waals surface area contributed by atoms with E-state index in [0.29, 0.717) is 22.5 Å². The fourth-order valence-corrected chi connectivity index (χ4v) is 5.65. The quantitative estimate of drug-likeness (QED) is 0.331. The molecule has 1 amide bonds. The molecule has 8 nitrogen and oxygen atoms in total. The maximum absolute atomic E-state index is 14.1. The Morgan fingerprint density at radius 1 is 0.892 bits per heavy atom. The minimum atomic E-state index is -4.13. The Labute approximate surface area is 215 Å². The molecule has 0 saturated heterocycles. The average molecular weight is 519 g/mol. The molecule has 9 heteroatoms. The summed E-state index contributed by atoms with van der Waals surface area (Å²) >= 11 is 0. The summed E-state index contributed by atoms with van der Waals surface area (Å²) in [5.41, 5.74) is 2.48. The van der Waals surface area contributed by atoms with Crippen LogP contribution in [0.2, 0.25) is 0 Å². The van der Waals surface area contributed by atoms with E-state index >= 15 is 0 Å². The summed E-state index contributed by atoms with van der Waals surface area (Å²) in [6.45, 7) is 2.77. The van der Waals surface area contributed by atoms with Crippen LogP contribution < -0.4 is 14.4 Å². The maximum atomic E-state index is 14.1. The van der Waals surface area contributed by atoms with Gasteiger partial charge in [-0.3, -0.25) is 9.10 Å². The lowest BCUT2D eigenvalue weighted by molar-refractivity contribution is -0.139. The van der Waals surface area contributed by atoms with Crippen LogP contribution in [0.1, 0.15) is 11.1 Å². The Hall–Kier alpha value is -4.37. The zero-order chi connectivity index (χ0) is 26.6. The summed E-state index contributed by atoms with van der Waals surface area (Å²) < 4.78 is 34.3. The number of aryl methyl sites for hydroxylation is 1. The lowest BCUT2D eigenvalue weighted by atomic mass is 10.1. The largest absolute Gasteiger partial charge is 0.482 e. The number of carboxylic acid groups (broad SMARTS) is 1. The zero-order valence-electron chi connectivity index (χ0n) is 20.3. The van der Waals surface area contributed by atoms with E-state index < -0.39 is 35.1 Å². The van der Waals surface area contributed by atoms with Gasteiger partial charge >= 0.3 is 5.97 Å². The molecule has 4 rings (SSSR count). The summed E-state index contributed by atoms with van der Waals surface area (Å²) in [7, 11) is -4.13. The third-order valence-corrected chi connectivity index (χ3v) is 7.77. The molecule has 0 aliphatic rings. The molecule has 4 aromatic rings. The molecule has 0 spiro atoms. The van der Waals surface area contributed by atoms with E-state index in [4.69, 9.17) is 9.84 Å². The second kappa shape index (κ2) is 10.7. The van der Waals surface area contributed by atoms with Gasteiger partial charge in [0.15, 0.2) is 6.61 Å². The van der Waals surface area contributed by atoms with Gasteiger partial charge in [-0.2, -0.15) is 0 Å². The molecule has 0 bridgehead atoms. The monoisotopic (exact) mass is 518 g/mol. The van der Waals surface area contributed by atoms with Gasteiger partial charge in [-0.05, 0) is 66.8 Å². The highest BCUT2D eigenvalue weighted by Crippen LogP contribution is 2.32. The van der Waals surface area contributed by atoms with Crippen LogP contribution >= 0.6 is 0 Å². The number of nitrogens with zero attached hydrogens (tertiary/aromatic N) is 1. The fraction of sp³-hybridized carbons (Fsp3) is 0.143. The van der Waals surface area contributed by atoms with E-state index in [2.05, 4.69) is 5.32 Å². The Morgan fingerprint density at radius 2 is 1.57 bits per heavy atom.